The molecule has 0 bridgehead atoms. The largest absolute Gasteiger partial charge is 0.259 e. The number of aryl methyl sites for hydroxylation is 1. The number of halogens is 1. The van der Waals surface area contributed by atoms with Gasteiger partial charge in [0.2, 0.25) is 0 Å². The number of hydrogen-bond acceptors (Lipinski definition) is 2. The maximum absolute atomic E-state index is 5.83. The summed E-state index contributed by atoms with van der Waals surface area (Å²) in [5.74, 6) is 0. The lowest BCUT2D eigenvalue weighted by Gasteiger charge is -1.99. The Labute approximate surface area is 81.6 Å². The minimum absolute atomic E-state index is 0.667. The van der Waals surface area contributed by atoms with Gasteiger partial charge in [-0.15, -0.1) is 0 Å². The Kier molecular flexibility index (Phi) is 2.15. The van der Waals surface area contributed by atoms with Crippen molar-refractivity contribution in [1.82, 2.24) is 9.97 Å². The zero-order valence-electron chi connectivity index (χ0n) is 7.29. The number of rotatable bonds is 1. The van der Waals surface area contributed by atoms with Crippen LogP contribution in [-0.2, 0) is 6.42 Å². The lowest BCUT2D eigenvalue weighted by atomic mass is 10.2. The van der Waals surface area contributed by atoms with E-state index < -0.39 is 0 Å². The van der Waals surface area contributed by atoms with Crippen molar-refractivity contribution in [3.05, 3.63) is 35.2 Å². The highest BCUT2D eigenvalue weighted by Crippen LogP contribution is 2.16. The molecule has 0 saturated carbocycles. The van der Waals surface area contributed by atoms with Gasteiger partial charge in [-0.3, -0.25) is 9.97 Å². The van der Waals surface area contributed by atoms with Crippen LogP contribution in [0, 0.1) is 0 Å². The summed E-state index contributed by atoms with van der Waals surface area (Å²) >= 11 is 5.83. The van der Waals surface area contributed by atoms with E-state index >= 15 is 0 Å². The molecule has 0 aliphatic carbocycles. The van der Waals surface area contributed by atoms with Crippen molar-refractivity contribution in [3.63, 3.8) is 0 Å². The van der Waals surface area contributed by atoms with Crippen molar-refractivity contribution in [3.8, 4) is 0 Å². The highest BCUT2D eigenvalue weighted by atomic mass is 35.5. The third-order valence-electron chi connectivity index (χ3n) is 1.95. The van der Waals surface area contributed by atoms with E-state index in [2.05, 4.69) is 16.9 Å². The Balaban J connectivity index is 2.68. The fourth-order valence-electron chi connectivity index (χ4n) is 1.24. The molecule has 2 aromatic rings. The van der Waals surface area contributed by atoms with E-state index in [4.69, 9.17) is 11.6 Å². The zero-order valence-corrected chi connectivity index (χ0v) is 8.04. The van der Waals surface area contributed by atoms with E-state index in [9.17, 15) is 0 Å². The zero-order chi connectivity index (χ0) is 9.26. The second kappa shape index (κ2) is 3.30. The Bertz CT molecular complexity index is 440. The molecular weight excluding hydrogens is 184 g/mol. The van der Waals surface area contributed by atoms with Gasteiger partial charge in [0.1, 0.15) is 0 Å². The third-order valence-corrected chi connectivity index (χ3v) is 2.16. The van der Waals surface area contributed by atoms with Gasteiger partial charge in [0.05, 0.1) is 16.7 Å². The molecule has 0 radical (unpaired) electrons. The van der Waals surface area contributed by atoms with Gasteiger partial charge in [0, 0.05) is 17.3 Å². The lowest BCUT2D eigenvalue weighted by molar-refractivity contribution is 1.04. The molecule has 2 nitrogen and oxygen atoms in total. The number of pyridine rings is 2. The summed E-state index contributed by atoms with van der Waals surface area (Å²) in [6.45, 7) is 2.08. The van der Waals surface area contributed by atoms with Crippen LogP contribution >= 0.6 is 11.6 Å². The molecule has 0 aliphatic heterocycles. The molecule has 0 saturated heterocycles. The smallest absolute Gasteiger partial charge is 0.0886 e. The summed E-state index contributed by atoms with van der Waals surface area (Å²) in [7, 11) is 0. The number of fused-ring (bicyclic) bond motifs is 1. The topological polar surface area (TPSA) is 25.8 Å². The highest BCUT2D eigenvalue weighted by Gasteiger charge is 1.97. The van der Waals surface area contributed by atoms with Crippen molar-refractivity contribution in [1.29, 1.82) is 0 Å². The second-order valence-corrected chi connectivity index (χ2v) is 3.31. The lowest BCUT2D eigenvalue weighted by Crippen LogP contribution is -1.87. The maximum atomic E-state index is 5.83. The molecule has 3 heteroatoms. The average molecular weight is 193 g/mol. The van der Waals surface area contributed by atoms with E-state index in [0.717, 1.165) is 23.0 Å². The van der Waals surface area contributed by atoms with Gasteiger partial charge in [-0.05, 0) is 18.6 Å². The average Bonchev–Trinajstić information content (AvgIpc) is 2.16. The van der Waals surface area contributed by atoms with Crippen molar-refractivity contribution < 1.29 is 0 Å². The number of aromatic nitrogens is 2. The monoisotopic (exact) mass is 192 g/mol. The fourth-order valence-corrected chi connectivity index (χ4v) is 1.41. The molecule has 2 heterocycles. The predicted octanol–water partition coefficient (Wildman–Crippen LogP) is 2.85. The van der Waals surface area contributed by atoms with Gasteiger partial charge in [-0.25, -0.2) is 0 Å². The van der Waals surface area contributed by atoms with Gasteiger partial charge in [-0.2, -0.15) is 0 Å². The van der Waals surface area contributed by atoms with Crippen LogP contribution in [-0.4, -0.2) is 9.97 Å². The molecule has 0 N–H and O–H groups in total. The molecule has 0 aliphatic rings. The first kappa shape index (κ1) is 8.45. The van der Waals surface area contributed by atoms with Crippen LogP contribution in [0.25, 0.3) is 10.9 Å². The van der Waals surface area contributed by atoms with E-state index in [1.807, 2.05) is 12.1 Å². The van der Waals surface area contributed by atoms with Gasteiger partial charge in [0.25, 0.3) is 0 Å². The Morgan fingerprint density at radius 3 is 2.85 bits per heavy atom. The molecule has 2 rings (SSSR count). The van der Waals surface area contributed by atoms with E-state index in [1.54, 1.807) is 12.4 Å². The Hall–Kier alpha value is -1.15. The quantitative estimate of drug-likeness (QED) is 0.695. The van der Waals surface area contributed by atoms with Crippen molar-refractivity contribution in [2.45, 2.75) is 13.3 Å². The van der Waals surface area contributed by atoms with E-state index in [1.165, 1.54) is 0 Å². The molecule has 0 fully saturated rings. The van der Waals surface area contributed by atoms with E-state index in [0.29, 0.717) is 5.02 Å². The van der Waals surface area contributed by atoms with Crippen molar-refractivity contribution >= 4 is 22.5 Å². The minimum atomic E-state index is 0.667. The molecule has 0 aromatic carbocycles. The second-order valence-electron chi connectivity index (χ2n) is 2.88. The van der Waals surface area contributed by atoms with E-state index in [-0.39, 0.29) is 0 Å². The van der Waals surface area contributed by atoms with Gasteiger partial charge < -0.3 is 0 Å². The first-order chi connectivity index (χ1) is 6.29. The summed E-state index contributed by atoms with van der Waals surface area (Å²) in [6.07, 6.45) is 4.35. The van der Waals surface area contributed by atoms with Crippen LogP contribution in [0.15, 0.2) is 24.5 Å². The van der Waals surface area contributed by atoms with Crippen LogP contribution in [0.4, 0.5) is 0 Å². The Morgan fingerprint density at radius 1 is 1.23 bits per heavy atom. The van der Waals surface area contributed by atoms with Crippen LogP contribution in [0.3, 0.4) is 0 Å². The van der Waals surface area contributed by atoms with Crippen LogP contribution < -0.4 is 0 Å². The van der Waals surface area contributed by atoms with Crippen molar-refractivity contribution in [2.24, 2.45) is 0 Å². The molecular formula is C10H9ClN2. The van der Waals surface area contributed by atoms with Gasteiger partial charge in [-0.1, -0.05) is 18.5 Å². The molecule has 2 aromatic heterocycles. The predicted molar refractivity (Wildman–Crippen MR) is 53.9 cm³/mol. The number of nitrogens with zero attached hydrogens (tertiary/aromatic N) is 2. The SMILES string of the molecule is CCc1cc2cc(Cl)cnc2cn1. The Morgan fingerprint density at radius 2 is 2.08 bits per heavy atom. The molecule has 13 heavy (non-hydrogen) atoms. The summed E-state index contributed by atoms with van der Waals surface area (Å²) in [4.78, 5) is 8.41. The summed E-state index contributed by atoms with van der Waals surface area (Å²) in [5.41, 5.74) is 1.96. The molecule has 0 unspecified atom stereocenters. The van der Waals surface area contributed by atoms with Crippen molar-refractivity contribution in [2.75, 3.05) is 0 Å². The molecule has 0 atom stereocenters. The first-order valence-electron chi connectivity index (χ1n) is 4.20. The standard InChI is InChI=1S/C10H9ClN2/c1-2-9-4-7-3-8(11)5-13-10(7)6-12-9/h3-6H,2H2,1H3. The molecule has 66 valence electrons. The summed E-state index contributed by atoms with van der Waals surface area (Å²) in [6, 6.07) is 3.93. The third kappa shape index (κ3) is 1.63. The minimum Gasteiger partial charge on any atom is -0.259 e. The van der Waals surface area contributed by atoms with Gasteiger partial charge in [0.15, 0.2) is 0 Å². The van der Waals surface area contributed by atoms with Crippen LogP contribution in [0.2, 0.25) is 5.02 Å². The van der Waals surface area contributed by atoms with Crippen LogP contribution in [0.5, 0.6) is 0 Å². The normalized spacial score (nSPS) is 10.6. The summed E-state index contributed by atoms with van der Waals surface area (Å²) < 4.78 is 0. The maximum Gasteiger partial charge on any atom is 0.0886 e. The number of hydrogen-bond donors (Lipinski definition) is 0. The fraction of sp³-hybridized carbons (Fsp3) is 0.200. The van der Waals surface area contributed by atoms with Gasteiger partial charge >= 0.3 is 0 Å². The first-order valence-corrected chi connectivity index (χ1v) is 4.57. The summed E-state index contributed by atoms with van der Waals surface area (Å²) in [5, 5.41) is 1.72. The van der Waals surface area contributed by atoms with Crippen LogP contribution in [0.1, 0.15) is 12.6 Å². The molecule has 0 spiro atoms. The highest BCUT2D eigenvalue weighted by molar-refractivity contribution is 6.31. The molecule has 0 amide bonds.